The maximum atomic E-state index is 12.7. The van der Waals surface area contributed by atoms with Gasteiger partial charge in [-0.2, -0.15) is 26.3 Å². The average Bonchev–Trinajstić information content (AvgIpc) is 3.13. The van der Waals surface area contributed by atoms with Gasteiger partial charge in [0.2, 0.25) is 12.7 Å². The van der Waals surface area contributed by atoms with Crippen molar-refractivity contribution in [1.29, 1.82) is 0 Å². The van der Waals surface area contributed by atoms with Crippen LogP contribution in [0.25, 0.3) is 11.5 Å². The zero-order chi connectivity index (χ0) is 25.8. The lowest BCUT2D eigenvalue weighted by molar-refractivity contribution is -0.152. The number of carbonyl (C=O) groups is 1. The standard InChI is InChI=1S/C20H16ClF3N2O8S/c1-35(29,30)33-10-17(27)32-11-31-16-7-6-15(21)8-13(16)9-26-19(28)34-18(25-26)12-2-4-14(5-3-12)20(22,23)24/h2-8H,9-11H2,1H3. The van der Waals surface area contributed by atoms with Gasteiger partial charge in [0.05, 0.1) is 18.4 Å². The van der Waals surface area contributed by atoms with Crippen LogP contribution in [0, 0.1) is 0 Å². The molecule has 1 aromatic heterocycles. The summed E-state index contributed by atoms with van der Waals surface area (Å²) in [6.07, 6.45) is -3.75. The first-order valence-corrected chi connectivity index (χ1v) is 11.7. The van der Waals surface area contributed by atoms with Crippen LogP contribution >= 0.6 is 11.6 Å². The molecular weight excluding hydrogens is 521 g/mol. The van der Waals surface area contributed by atoms with E-state index in [1.54, 1.807) is 0 Å². The Balaban J connectivity index is 1.71. The molecule has 1 heterocycles. The molecule has 0 bridgehead atoms. The number of hydrogen-bond donors (Lipinski definition) is 0. The number of carbonyl (C=O) groups excluding carboxylic acids is 1. The van der Waals surface area contributed by atoms with Crippen molar-refractivity contribution in [3.05, 3.63) is 69.2 Å². The highest BCUT2D eigenvalue weighted by Gasteiger charge is 2.30. The SMILES string of the molecule is CS(=O)(=O)OCC(=O)OCOc1ccc(Cl)cc1Cn1nc(-c2ccc(C(F)(F)F)cc2)oc1=O. The molecular formula is C20H16ClF3N2O8S. The first-order chi connectivity index (χ1) is 16.3. The molecule has 0 radical (unpaired) electrons. The first kappa shape index (κ1) is 26.2. The van der Waals surface area contributed by atoms with Crippen molar-refractivity contribution in [2.24, 2.45) is 0 Å². The summed E-state index contributed by atoms with van der Waals surface area (Å²) in [5, 5.41) is 4.28. The van der Waals surface area contributed by atoms with Crippen LogP contribution < -0.4 is 10.5 Å². The van der Waals surface area contributed by atoms with Crippen molar-refractivity contribution in [2.75, 3.05) is 19.7 Å². The molecule has 0 atom stereocenters. The van der Waals surface area contributed by atoms with Crippen molar-refractivity contribution in [3.8, 4) is 17.2 Å². The minimum Gasteiger partial charge on any atom is -0.457 e. The molecule has 0 amide bonds. The van der Waals surface area contributed by atoms with E-state index < -0.39 is 47.0 Å². The van der Waals surface area contributed by atoms with Crippen LogP contribution in [0.3, 0.4) is 0 Å². The van der Waals surface area contributed by atoms with Gasteiger partial charge in [0.25, 0.3) is 10.1 Å². The van der Waals surface area contributed by atoms with Crippen molar-refractivity contribution in [1.82, 2.24) is 9.78 Å². The van der Waals surface area contributed by atoms with E-state index >= 15 is 0 Å². The number of alkyl halides is 3. The summed E-state index contributed by atoms with van der Waals surface area (Å²) in [7, 11) is -3.83. The van der Waals surface area contributed by atoms with E-state index in [9.17, 15) is 31.2 Å². The van der Waals surface area contributed by atoms with Gasteiger partial charge in [0.1, 0.15) is 5.75 Å². The minimum atomic E-state index is -4.52. The van der Waals surface area contributed by atoms with E-state index in [-0.39, 0.29) is 28.8 Å². The van der Waals surface area contributed by atoms with Crippen molar-refractivity contribution >= 4 is 27.7 Å². The molecule has 0 N–H and O–H groups in total. The Morgan fingerprint density at radius 1 is 1.17 bits per heavy atom. The van der Waals surface area contributed by atoms with E-state index in [4.69, 9.17) is 25.5 Å². The number of hydrogen-bond acceptors (Lipinski definition) is 9. The Labute approximate surface area is 200 Å². The number of ether oxygens (including phenoxy) is 2. The summed E-state index contributed by atoms with van der Waals surface area (Å²) >= 11 is 6.01. The third kappa shape index (κ3) is 7.56. The molecule has 0 aliphatic heterocycles. The van der Waals surface area contributed by atoms with Gasteiger partial charge in [-0.15, -0.1) is 5.10 Å². The van der Waals surface area contributed by atoms with Gasteiger partial charge in [0.15, 0.2) is 6.61 Å². The van der Waals surface area contributed by atoms with E-state index in [2.05, 4.69) is 9.28 Å². The summed E-state index contributed by atoms with van der Waals surface area (Å²) in [5.41, 5.74) is -0.387. The molecule has 0 saturated heterocycles. The molecule has 0 spiro atoms. The van der Waals surface area contributed by atoms with Gasteiger partial charge < -0.3 is 13.9 Å². The van der Waals surface area contributed by atoms with Crippen LogP contribution in [0.1, 0.15) is 11.1 Å². The zero-order valence-electron chi connectivity index (χ0n) is 17.7. The van der Waals surface area contributed by atoms with E-state index in [0.29, 0.717) is 5.56 Å². The van der Waals surface area contributed by atoms with Crippen LogP contribution in [0.4, 0.5) is 13.2 Å². The fraction of sp³-hybridized carbons (Fsp3) is 0.250. The fourth-order valence-corrected chi connectivity index (χ4v) is 3.16. The van der Waals surface area contributed by atoms with Crippen molar-refractivity contribution in [3.63, 3.8) is 0 Å². The van der Waals surface area contributed by atoms with Crippen LogP contribution in [0.15, 0.2) is 51.7 Å². The highest BCUT2D eigenvalue weighted by atomic mass is 35.5. The number of esters is 1. The van der Waals surface area contributed by atoms with Crippen LogP contribution in [0.5, 0.6) is 5.75 Å². The van der Waals surface area contributed by atoms with E-state index in [1.807, 2.05) is 0 Å². The van der Waals surface area contributed by atoms with E-state index in [0.717, 1.165) is 35.2 Å². The zero-order valence-corrected chi connectivity index (χ0v) is 19.3. The third-order valence-corrected chi connectivity index (χ3v) is 5.01. The maximum Gasteiger partial charge on any atom is 0.437 e. The Kier molecular flexibility index (Phi) is 7.87. The Bertz CT molecular complexity index is 1370. The quantitative estimate of drug-likeness (QED) is 0.230. The number of benzene rings is 2. The second-order valence-corrected chi connectivity index (χ2v) is 8.98. The summed E-state index contributed by atoms with van der Waals surface area (Å²) in [6.45, 7) is -1.65. The number of aromatic nitrogens is 2. The second kappa shape index (κ2) is 10.5. The highest BCUT2D eigenvalue weighted by molar-refractivity contribution is 7.86. The predicted octanol–water partition coefficient (Wildman–Crippen LogP) is 3.08. The Morgan fingerprint density at radius 2 is 1.86 bits per heavy atom. The molecule has 0 unspecified atom stereocenters. The number of nitrogens with zero attached hydrogens (tertiary/aromatic N) is 2. The second-order valence-electron chi connectivity index (χ2n) is 6.90. The van der Waals surface area contributed by atoms with Gasteiger partial charge in [-0.3, -0.25) is 4.18 Å². The molecule has 3 aromatic rings. The van der Waals surface area contributed by atoms with Gasteiger partial charge in [0, 0.05) is 16.1 Å². The summed E-state index contributed by atoms with van der Waals surface area (Å²) in [5.74, 6) is -1.94. The minimum absolute atomic E-state index is 0.150. The lowest BCUT2D eigenvalue weighted by Gasteiger charge is -2.12. The lowest BCUT2D eigenvalue weighted by Crippen LogP contribution is -2.19. The van der Waals surface area contributed by atoms with Gasteiger partial charge in [-0.05, 0) is 42.5 Å². The van der Waals surface area contributed by atoms with Crippen LogP contribution in [-0.4, -0.2) is 43.8 Å². The molecule has 3 rings (SSSR count). The molecule has 10 nitrogen and oxygen atoms in total. The average molecular weight is 537 g/mol. The molecule has 35 heavy (non-hydrogen) atoms. The van der Waals surface area contributed by atoms with Crippen molar-refractivity contribution in [2.45, 2.75) is 12.7 Å². The maximum absolute atomic E-state index is 12.7. The molecule has 15 heteroatoms. The largest absolute Gasteiger partial charge is 0.457 e. The van der Waals surface area contributed by atoms with E-state index in [1.165, 1.54) is 18.2 Å². The summed E-state index contributed by atoms with van der Waals surface area (Å²) in [4.78, 5) is 23.8. The van der Waals surface area contributed by atoms with Crippen LogP contribution in [-0.2, 0) is 36.6 Å². The van der Waals surface area contributed by atoms with Gasteiger partial charge in [-0.1, -0.05) is 11.6 Å². The number of halogens is 4. The Hall–Kier alpha value is -3.36. The molecule has 188 valence electrons. The topological polar surface area (TPSA) is 127 Å². The molecule has 0 aliphatic carbocycles. The van der Waals surface area contributed by atoms with Gasteiger partial charge >= 0.3 is 17.9 Å². The first-order valence-electron chi connectivity index (χ1n) is 9.48. The van der Waals surface area contributed by atoms with Crippen molar-refractivity contribution < 1.29 is 44.5 Å². The molecule has 0 aliphatic rings. The Morgan fingerprint density at radius 3 is 2.49 bits per heavy atom. The predicted molar refractivity (Wildman–Crippen MR) is 114 cm³/mol. The lowest BCUT2D eigenvalue weighted by atomic mass is 10.1. The third-order valence-electron chi connectivity index (χ3n) is 4.23. The van der Waals surface area contributed by atoms with Gasteiger partial charge in [-0.25, -0.2) is 9.59 Å². The fourth-order valence-electron chi connectivity index (χ4n) is 2.65. The smallest absolute Gasteiger partial charge is 0.437 e. The molecule has 2 aromatic carbocycles. The summed E-state index contributed by atoms with van der Waals surface area (Å²) < 4.78 is 80.4. The molecule has 0 fully saturated rings. The van der Waals surface area contributed by atoms with Crippen LogP contribution in [0.2, 0.25) is 5.02 Å². The molecule has 0 saturated carbocycles. The highest BCUT2D eigenvalue weighted by Crippen LogP contribution is 2.30. The number of rotatable bonds is 9. The normalized spacial score (nSPS) is 11.9. The monoisotopic (exact) mass is 536 g/mol. The summed E-state index contributed by atoms with van der Waals surface area (Å²) in [6, 6.07) is 8.25.